The predicted octanol–water partition coefficient (Wildman–Crippen LogP) is 1.11. The molecule has 0 fully saturated rings. The summed E-state index contributed by atoms with van der Waals surface area (Å²) < 4.78 is 0. The number of rotatable bonds is 4. The summed E-state index contributed by atoms with van der Waals surface area (Å²) in [6, 6.07) is 7.35. The van der Waals surface area contributed by atoms with Crippen molar-refractivity contribution in [3.05, 3.63) is 41.6 Å². The van der Waals surface area contributed by atoms with Crippen molar-refractivity contribution in [2.45, 2.75) is 26.0 Å². The lowest BCUT2D eigenvalue weighted by Crippen LogP contribution is -2.47. The first-order chi connectivity index (χ1) is 9.90. The van der Waals surface area contributed by atoms with Gasteiger partial charge in [-0.3, -0.25) is 9.78 Å². The molecule has 6 heteroatoms. The maximum absolute atomic E-state index is 12.3. The first kappa shape index (κ1) is 14.9. The fourth-order valence-corrected chi connectivity index (χ4v) is 2.10. The summed E-state index contributed by atoms with van der Waals surface area (Å²) in [4.78, 5) is 27.7. The van der Waals surface area contributed by atoms with E-state index in [-0.39, 0.29) is 0 Å². The Hall–Kier alpha value is -2.47. The van der Waals surface area contributed by atoms with Crippen molar-refractivity contribution >= 4 is 22.8 Å². The van der Waals surface area contributed by atoms with E-state index in [2.05, 4.69) is 10.3 Å². The molecule has 0 bridgehead atoms. The first-order valence-electron chi connectivity index (χ1n) is 6.48. The molecule has 1 heterocycles. The van der Waals surface area contributed by atoms with Crippen molar-refractivity contribution in [2.24, 2.45) is 0 Å². The maximum atomic E-state index is 12.3. The van der Waals surface area contributed by atoms with E-state index in [1.165, 1.54) is 6.92 Å². The lowest BCUT2D eigenvalue weighted by Gasteiger charge is -2.17. The second-order valence-electron chi connectivity index (χ2n) is 4.86. The highest BCUT2D eigenvalue weighted by atomic mass is 16.4. The molecule has 0 aliphatic rings. The van der Waals surface area contributed by atoms with Crippen LogP contribution >= 0.6 is 0 Å². The molecular weight excluding hydrogens is 272 g/mol. The van der Waals surface area contributed by atoms with Crippen molar-refractivity contribution in [3.8, 4) is 0 Å². The van der Waals surface area contributed by atoms with Crippen LogP contribution in [0.5, 0.6) is 0 Å². The Morgan fingerprint density at radius 3 is 2.57 bits per heavy atom. The summed E-state index contributed by atoms with van der Waals surface area (Å²) >= 11 is 0. The number of carbonyl (C=O) groups excluding carboxylic acids is 1. The lowest BCUT2D eigenvalue weighted by molar-refractivity contribution is -0.141. The zero-order valence-corrected chi connectivity index (χ0v) is 11.7. The number of carboxylic acids is 1. The smallest absolute Gasteiger partial charge is 0.328 e. The average Bonchev–Trinajstić information content (AvgIpc) is 2.42. The topological polar surface area (TPSA) is 99.5 Å². The second-order valence-corrected chi connectivity index (χ2v) is 4.86. The van der Waals surface area contributed by atoms with Crippen LogP contribution in [0.25, 0.3) is 10.9 Å². The molecule has 0 saturated heterocycles. The summed E-state index contributed by atoms with van der Waals surface area (Å²) in [5.41, 5.74) is 1.65. The molecule has 2 aromatic rings. The number of amides is 1. The number of aliphatic hydroxyl groups is 1. The van der Waals surface area contributed by atoms with Gasteiger partial charge in [-0.25, -0.2) is 4.79 Å². The molecule has 0 unspecified atom stereocenters. The second kappa shape index (κ2) is 5.88. The Bertz CT molecular complexity index is 697. The number of nitrogens with zero attached hydrogens (tertiary/aromatic N) is 1. The highest BCUT2D eigenvalue weighted by Crippen LogP contribution is 2.18. The summed E-state index contributed by atoms with van der Waals surface area (Å²) in [5.74, 6) is -1.83. The molecule has 110 valence electrons. The van der Waals surface area contributed by atoms with Gasteiger partial charge in [-0.2, -0.15) is 0 Å². The van der Waals surface area contributed by atoms with Crippen LogP contribution in [0.3, 0.4) is 0 Å². The van der Waals surface area contributed by atoms with Crippen LogP contribution in [-0.4, -0.2) is 39.2 Å². The molecule has 0 saturated carbocycles. The molecule has 2 rings (SSSR count). The zero-order valence-electron chi connectivity index (χ0n) is 11.7. The molecule has 21 heavy (non-hydrogen) atoms. The number of nitrogens with one attached hydrogen (secondary N) is 1. The van der Waals surface area contributed by atoms with Gasteiger partial charge in [0.05, 0.1) is 17.2 Å². The van der Waals surface area contributed by atoms with Crippen LogP contribution in [0.2, 0.25) is 0 Å². The number of carbonyl (C=O) groups is 2. The number of benzene rings is 1. The summed E-state index contributed by atoms with van der Waals surface area (Å²) in [6.45, 7) is 3.07. The van der Waals surface area contributed by atoms with E-state index < -0.39 is 24.0 Å². The van der Waals surface area contributed by atoms with Crippen LogP contribution < -0.4 is 5.32 Å². The summed E-state index contributed by atoms with van der Waals surface area (Å²) in [5, 5.41) is 21.4. The molecule has 0 aliphatic carbocycles. The Labute approximate surface area is 121 Å². The van der Waals surface area contributed by atoms with E-state index in [9.17, 15) is 14.7 Å². The van der Waals surface area contributed by atoms with E-state index in [0.29, 0.717) is 22.2 Å². The Balaban J connectivity index is 2.42. The van der Waals surface area contributed by atoms with Crippen molar-refractivity contribution < 1.29 is 19.8 Å². The van der Waals surface area contributed by atoms with Gasteiger partial charge in [-0.1, -0.05) is 18.2 Å². The largest absolute Gasteiger partial charge is 0.480 e. The molecule has 2 atom stereocenters. The third-order valence-electron chi connectivity index (χ3n) is 3.12. The predicted molar refractivity (Wildman–Crippen MR) is 77.1 cm³/mol. The fourth-order valence-electron chi connectivity index (χ4n) is 2.10. The van der Waals surface area contributed by atoms with E-state index in [1.807, 2.05) is 6.07 Å². The van der Waals surface area contributed by atoms with E-state index in [4.69, 9.17) is 5.11 Å². The summed E-state index contributed by atoms with van der Waals surface area (Å²) in [7, 11) is 0. The molecule has 0 aliphatic heterocycles. The zero-order chi connectivity index (χ0) is 15.6. The van der Waals surface area contributed by atoms with Gasteiger partial charge in [0.2, 0.25) is 0 Å². The molecule has 0 spiro atoms. The van der Waals surface area contributed by atoms with E-state index >= 15 is 0 Å². The van der Waals surface area contributed by atoms with Crippen LogP contribution in [0, 0.1) is 6.92 Å². The van der Waals surface area contributed by atoms with Crippen molar-refractivity contribution in [1.29, 1.82) is 0 Å². The monoisotopic (exact) mass is 288 g/mol. The van der Waals surface area contributed by atoms with Crippen LogP contribution in [0.4, 0.5) is 0 Å². The molecule has 1 amide bonds. The molecular formula is C15H16N2O4. The van der Waals surface area contributed by atoms with E-state index in [1.54, 1.807) is 31.2 Å². The average molecular weight is 288 g/mol. The highest BCUT2D eigenvalue weighted by molar-refractivity contribution is 6.07. The number of pyridine rings is 1. The third kappa shape index (κ3) is 3.17. The molecule has 0 radical (unpaired) electrons. The fraction of sp³-hybridized carbons (Fsp3) is 0.267. The van der Waals surface area contributed by atoms with Gasteiger partial charge in [0, 0.05) is 11.1 Å². The van der Waals surface area contributed by atoms with Gasteiger partial charge in [0.1, 0.15) is 0 Å². The van der Waals surface area contributed by atoms with Crippen molar-refractivity contribution in [2.75, 3.05) is 0 Å². The first-order valence-corrected chi connectivity index (χ1v) is 6.48. The Morgan fingerprint density at radius 2 is 1.95 bits per heavy atom. The Morgan fingerprint density at radius 1 is 1.29 bits per heavy atom. The number of aliphatic carboxylic acids is 1. The van der Waals surface area contributed by atoms with Crippen LogP contribution in [0.1, 0.15) is 23.0 Å². The quantitative estimate of drug-likeness (QED) is 0.782. The number of carboxylic acid groups (broad SMARTS) is 1. The number of hydrogen-bond donors (Lipinski definition) is 3. The third-order valence-corrected chi connectivity index (χ3v) is 3.12. The molecule has 1 aromatic heterocycles. The maximum Gasteiger partial charge on any atom is 0.328 e. The summed E-state index contributed by atoms with van der Waals surface area (Å²) in [6.07, 6.45) is -1.19. The minimum atomic E-state index is -1.36. The van der Waals surface area contributed by atoms with Gasteiger partial charge in [-0.05, 0) is 26.0 Å². The number of para-hydroxylation sites is 1. The van der Waals surface area contributed by atoms with E-state index in [0.717, 1.165) is 0 Å². The van der Waals surface area contributed by atoms with Crippen LogP contribution in [0.15, 0.2) is 30.3 Å². The van der Waals surface area contributed by atoms with Crippen molar-refractivity contribution in [1.82, 2.24) is 10.3 Å². The van der Waals surface area contributed by atoms with Gasteiger partial charge in [0.15, 0.2) is 6.04 Å². The number of aliphatic hydroxyl groups excluding tert-OH is 1. The highest BCUT2D eigenvalue weighted by Gasteiger charge is 2.26. The van der Waals surface area contributed by atoms with Crippen molar-refractivity contribution in [3.63, 3.8) is 0 Å². The number of aromatic nitrogens is 1. The van der Waals surface area contributed by atoms with Gasteiger partial charge < -0.3 is 15.5 Å². The standard InChI is InChI=1S/C15H16N2O4/c1-8-7-11(10-5-3-4-6-12(10)16-8)14(19)17-13(9(2)18)15(20)21/h3-7,9,13,18H,1-2H3,(H,17,19)(H,20,21)/t9-,13+/m1/s1. The van der Waals surface area contributed by atoms with Gasteiger partial charge in [0.25, 0.3) is 5.91 Å². The number of hydrogen-bond acceptors (Lipinski definition) is 4. The molecule has 3 N–H and O–H groups in total. The van der Waals surface area contributed by atoms with Gasteiger partial charge in [-0.15, -0.1) is 0 Å². The normalized spacial score (nSPS) is 13.7. The SMILES string of the molecule is Cc1cc(C(=O)N[C@H](C(=O)O)[C@@H](C)O)c2ccccc2n1. The molecule has 6 nitrogen and oxygen atoms in total. The Kier molecular flexibility index (Phi) is 4.18. The number of fused-ring (bicyclic) bond motifs is 1. The minimum absolute atomic E-state index is 0.338. The minimum Gasteiger partial charge on any atom is -0.480 e. The van der Waals surface area contributed by atoms with Gasteiger partial charge >= 0.3 is 5.97 Å². The van der Waals surface area contributed by atoms with Crippen LogP contribution in [-0.2, 0) is 4.79 Å². The number of aryl methyl sites for hydroxylation is 1. The molecule has 1 aromatic carbocycles. The lowest BCUT2D eigenvalue weighted by atomic mass is 10.1.